The van der Waals surface area contributed by atoms with Crippen LogP contribution in [0.3, 0.4) is 0 Å². The van der Waals surface area contributed by atoms with Crippen LogP contribution in [0.5, 0.6) is 5.88 Å². The molecule has 2 aliphatic heterocycles. The molecule has 3 heterocycles. The van der Waals surface area contributed by atoms with Gasteiger partial charge in [0.05, 0.1) is 0 Å². The van der Waals surface area contributed by atoms with Crippen LogP contribution in [0.15, 0.2) is 23.3 Å². The first-order chi connectivity index (χ1) is 10.7. The van der Waals surface area contributed by atoms with Crippen LogP contribution < -0.4 is 9.64 Å². The molecule has 0 aliphatic carbocycles. The highest BCUT2D eigenvalue weighted by Gasteiger charge is 2.21. The maximum atomic E-state index is 6.01. The molecule has 5 heteroatoms. The van der Waals surface area contributed by atoms with Crippen molar-refractivity contribution in [2.24, 2.45) is 4.99 Å². The molecule has 1 fully saturated rings. The zero-order valence-corrected chi connectivity index (χ0v) is 13.6. The second-order valence-electron chi connectivity index (χ2n) is 6.39. The van der Waals surface area contributed by atoms with Gasteiger partial charge in [0, 0.05) is 62.7 Å². The third-order valence-corrected chi connectivity index (χ3v) is 4.64. The molecule has 5 nitrogen and oxygen atoms in total. The Bertz CT molecular complexity index is 509. The summed E-state index contributed by atoms with van der Waals surface area (Å²) in [5.74, 6) is 0.743. The van der Waals surface area contributed by atoms with Crippen molar-refractivity contribution in [1.82, 2.24) is 9.88 Å². The lowest BCUT2D eigenvalue weighted by molar-refractivity contribution is 0.190. The van der Waals surface area contributed by atoms with E-state index in [4.69, 9.17) is 4.74 Å². The Morgan fingerprint density at radius 1 is 1.23 bits per heavy atom. The van der Waals surface area contributed by atoms with Gasteiger partial charge in [-0.05, 0) is 33.0 Å². The van der Waals surface area contributed by atoms with E-state index in [1.807, 2.05) is 12.4 Å². The summed E-state index contributed by atoms with van der Waals surface area (Å²) in [6.07, 6.45) is 8.34. The van der Waals surface area contributed by atoms with Crippen molar-refractivity contribution in [1.29, 1.82) is 0 Å². The molecule has 120 valence electrons. The smallest absolute Gasteiger partial charge is 0.215 e. The SMILES string of the molecule is CN(C)C1CCN(c2ccnc(O[C@@H]3CC=NCC3)c2)CC1. The van der Waals surface area contributed by atoms with Gasteiger partial charge in [-0.2, -0.15) is 0 Å². The molecule has 0 N–H and O–H groups in total. The molecular weight excluding hydrogens is 276 g/mol. The first-order valence-corrected chi connectivity index (χ1v) is 8.25. The topological polar surface area (TPSA) is 41.0 Å². The van der Waals surface area contributed by atoms with Crippen LogP contribution in [0.1, 0.15) is 25.7 Å². The number of aromatic nitrogens is 1. The van der Waals surface area contributed by atoms with Gasteiger partial charge in [-0.3, -0.25) is 4.99 Å². The number of hydrogen-bond donors (Lipinski definition) is 0. The van der Waals surface area contributed by atoms with Crippen LogP contribution in [0.25, 0.3) is 0 Å². The Labute approximate surface area is 133 Å². The lowest BCUT2D eigenvalue weighted by Crippen LogP contribution is -2.42. The van der Waals surface area contributed by atoms with Crippen molar-refractivity contribution in [3.8, 4) is 5.88 Å². The molecule has 3 rings (SSSR count). The fraction of sp³-hybridized carbons (Fsp3) is 0.647. The zero-order chi connectivity index (χ0) is 15.4. The fourth-order valence-corrected chi connectivity index (χ4v) is 3.20. The first-order valence-electron chi connectivity index (χ1n) is 8.25. The third-order valence-electron chi connectivity index (χ3n) is 4.64. The van der Waals surface area contributed by atoms with Crippen molar-refractivity contribution < 1.29 is 4.74 Å². The number of pyridine rings is 1. The number of ether oxygens (including phenoxy) is 1. The van der Waals surface area contributed by atoms with Gasteiger partial charge in [0.2, 0.25) is 5.88 Å². The number of anilines is 1. The molecule has 0 amide bonds. The number of nitrogens with zero attached hydrogens (tertiary/aromatic N) is 4. The van der Waals surface area contributed by atoms with Gasteiger partial charge in [-0.25, -0.2) is 4.98 Å². The maximum absolute atomic E-state index is 6.01. The van der Waals surface area contributed by atoms with E-state index in [9.17, 15) is 0 Å². The molecule has 1 aromatic rings. The summed E-state index contributed by atoms with van der Waals surface area (Å²) in [5.41, 5.74) is 1.23. The molecule has 1 saturated heterocycles. The zero-order valence-electron chi connectivity index (χ0n) is 13.6. The molecular formula is C17H26N4O. The molecule has 22 heavy (non-hydrogen) atoms. The fourth-order valence-electron chi connectivity index (χ4n) is 3.20. The largest absolute Gasteiger partial charge is 0.474 e. The number of rotatable bonds is 4. The summed E-state index contributed by atoms with van der Waals surface area (Å²) in [6.45, 7) is 3.06. The van der Waals surface area contributed by atoms with Crippen LogP contribution in [0.2, 0.25) is 0 Å². The Hall–Kier alpha value is -1.62. The normalized spacial score (nSPS) is 23.0. The first kappa shape index (κ1) is 15.3. The van der Waals surface area contributed by atoms with Crippen molar-refractivity contribution >= 4 is 11.9 Å². The average molecular weight is 302 g/mol. The summed E-state index contributed by atoms with van der Waals surface area (Å²) < 4.78 is 6.01. The Morgan fingerprint density at radius 2 is 2.05 bits per heavy atom. The second kappa shape index (κ2) is 7.09. The minimum absolute atomic E-state index is 0.222. The van der Waals surface area contributed by atoms with Crippen molar-refractivity contribution in [3.63, 3.8) is 0 Å². The van der Waals surface area contributed by atoms with Gasteiger partial charge in [0.25, 0.3) is 0 Å². The van der Waals surface area contributed by atoms with E-state index in [0.717, 1.165) is 38.4 Å². The Morgan fingerprint density at radius 3 is 2.73 bits per heavy atom. The highest BCUT2D eigenvalue weighted by Crippen LogP contribution is 2.25. The van der Waals surface area contributed by atoms with E-state index in [2.05, 4.69) is 46.0 Å². The quantitative estimate of drug-likeness (QED) is 0.855. The van der Waals surface area contributed by atoms with Gasteiger partial charge in [0.1, 0.15) is 6.10 Å². The van der Waals surface area contributed by atoms with Crippen LogP contribution in [-0.2, 0) is 0 Å². The van der Waals surface area contributed by atoms with Gasteiger partial charge in [-0.15, -0.1) is 0 Å². The molecule has 0 saturated carbocycles. The predicted octanol–water partition coefficient (Wildman–Crippen LogP) is 2.22. The summed E-state index contributed by atoms with van der Waals surface area (Å²) in [5, 5.41) is 0. The summed E-state index contributed by atoms with van der Waals surface area (Å²) in [7, 11) is 4.35. The lowest BCUT2D eigenvalue weighted by Gasteiger charge is -2.36. The summed E-state index contributed by atoms with van der Waals surface area (Å²) in [6, 6.07) is 4.88. The van der Waals surface area contributed by atoms with Crippen molar-refractivity contribution in [2.75, 3.05) is 38.6 Å². The molecule has 1 aromatic heterocycles. The maximum Gasteiger partial charge on any atom is 0.215 e. The second-order valence-corrected chi connectivity index (χ2v) is 6.39. The number of aliphatic imine (C=N–C) groups is 1. The number of piperidine rings is 1. The van der Waals surface area contributed by atoms with Gasteiger partial charge < -0.3 is 14.5 Å². The molecule has 0 unspecified atom stereocenters. The van der Waals surface area contributed by atoms with Crippen LogP contribution in [0.4, 0.5) is 5.69 Å². The van der Waals surface area contributed by atoms with Crippen LogP contribution in [-0.4, -0.2) is 62.0 Å². The Kier molecular flexibility index (Phi) is 4.93. The van der Waals surface area contributed by atoms with E-state index in [-0.39, 0.29) is 6.10 Å². The lowest BCUT2D eigenvalue weighted by atomic mass is 10.0. The summed E-state index contributed by atoms with van der Waals surface area (Å²) in [4.78, 5) is 13.4. The number of hydrogen-bond acceptors (Lipinski definition) is 5. The Balaban J connectivity index is 1.60. The minimum atomic E-state index is 0.222. The van der Waals surface area contributed by atoms with Crippen molar-refractivity contribution in [3.05, 3.63) is 18.3 Å². The standard InChI is InChI=1S/C17H26N4O/c1-20(2)14-6-11-21(12-7-14)15-3-10-19-17(13-15)22-16-4-8-18-9-5-16/h3,8,10,13-14,16H,4-7,9,11-12H2,1-2H3/t16-/m1/s1. The van der Waals surface area contributed by atoms with Crippen LogP contribution in [0, 0.1) is 0 Å². The minimum Gasteiger partial charge on any atom is -0.474 e. The van der Waals surface area contributed by atoms with Crippen LogP contribution >= 0.6 is 0 Å². The molecule has 1 atom stereocenters. The monoisotopic (exact) mass is 302 g/mol. The molecule has 2 aliphatic rings. The molecule has 0 spiro atoms. The van der Waals surface area contributed by atoms with E-state index in [1.54, 1.807) is 0 Å². The predicted molar refractivity (Wildman–Crippen MR) is 90.2 cm³/mol. The third kappa shape index (κ3) is 3.77. The van der Waals surface area contributed by atoms with E-state index in [1.165, 1.54) is 18.5 Å². The van der Waals surface area contributed by atoms with Gasteiger partial charge in [-0.1, -0.05) is 0 Å². The van der Waals surface area contributed by atoms with Crippen molar-refractivity contribution in [2.45, 2.75) is 37.8 Å². The van der Waals surface area contributed by atoms with Gasteiger partial charge >= 0.3 is 0 Å². The average Bonchev–Trinajstić information content (AvgIpc) is 2.56. The van der Waals surface area contributed by atoms with E-state index in [0.29, 0.717) is 6.04 Å². The highest BCUT2D eigenvalue weighted by atomic mass is 16.5. The molecule has 0 aromatic carbocycles. The molecule has 0 bridgehead atoms. The van der Waals surface area contributed by atoms with E-state index >= 15 is 0 Å². The molecule has 0 radical (unpaired) electrons. The van der Waals surface area contributed by atoms with Gasteiger partial charge in [0.15, 0.2) is 0 Å². The van der Waals surface area contributed by atoms with E-state index < -0.39 is 0 Å². The highest BCUT2D eigenvalue weighted by molar-refractivity contribution is 5.59. The summed E-state index contributed by atoms with van der Waals surface area (Å²) >= 11 is 0.